The summed E-state index contributed by atoms with van der Waals surface area (Å²) in [6.45, 7) is 9.63. The molecule has 1 aliphatic heterocycles. The van der Waals surface area contributed by atoms with Crippen molar-refractivity contribution in [3.8, 4) is 0 Å². The van der Waals surface area contributed by atoms with E-state index in [0.717, 1.165) is 22.6 Å². The molecule has 1 aromatic heterocycles. The van der Waals surface area contributed by atoms with Gasteiger partial charge in [0, 0.05) is 17.5 Å². The Morgan fingerprint density at radius 2 is 2.33 bits per heavy atom. The molecule has 114 valence electrons. The molecule has 1 saturated carbocycles. The molecular formula is C16H21NO3S. The lowest BCUT2D eigenvalue weighted by molar-refractivity contribution is -0.171. The fourth-order valence-electron chi connectivity index (χ4n) is 2.69. The standard InChI is InChI=1S/C16H21NO3S/c1-4-19-11(2)13-7-8-14(21-13)16(3)15(18)17(9-10-20-16)12-5-6-12/h7-8,12H,2,4-6,9-10H2,1,3H3. The Balaban J connectivity index is 1.84. The van der Waals surface area contributed by atoms with Gasteiger partial charge in [0.2, 0.25) is 0 Å². The predicted molar refractivity (Wildman–Crippen MR) is 83.0 cm³/mol. The van der Waals surface area contributed by atoms with E-state index in [1.54, 1.807) is 0 Å². The summed E-state index contributed by atoms with van der Waals surface area (Å²) in [5.74, 6) is 0.742. The smallest absolute Gasteiger partial charge is 0.260 e. The van der Waals surface area contributed by atoms with E-state index in [1.165, 1.54) is 11.3 Å². The van der Waals surface area contributed by atoms with Gasteiger partial charge in [-0.15, -0.1) is 11.3 Å². The molecule has 2 heterocycles. The molecule has 21 heavy (non-hydrogen) atoms. The van der Waals surface area contributed by atoms with Crippen LogP contribution in [0.2, 0.25) is 0 Å². The first-order valence-electron chi connectivity index (χ1n) is 7.43. The van der Waals surface area contributed by atoms with E-state index in [4.69, 9.17) is 9.47 Å². The van der Waals surface area contributed by atoms with E-state index in [9.17, 15) is 4.79 Å². The normalized spacial score (nSPS) is 26.0. The summed E-state index contributed by atoms with van der Waals surface area (Å²) in [4.78, 5) is 16.7. The molecule has 1 aliphatic carbocycles. The fraction of sp³-hybridized carbons (Fsp3) is 0.562. The fourth-order valence-corrected chi connectivity index (χ4v) is 3.71. The van der Waals surface area contributed by atoms with Crippen LogP contribution < -0.4 is 0 Å². The van der Waals surface area contributed by atoms with E-state index < -0.39 is 5.60 Å². The molecule has 5 heteroatoms. The number of nitrogens with zero attached hydrogens (tertiary/aromatic N) is 1. The van der Waals surface area contributed by atoms with Crippen molar-refractivity contribution in [1.82, 2.24) is 4.90 Å². The van der Waals surface area contributed by atoms with Crippen LogP contribution in [-0.2, 0) is 19.9 Å². The van der Waals surface area contributed by atoms with Crippen LogP contribution in [0.15, 0.2) is 18.7 Å². The predicted octanol–water partition coefficient (Wildman–Crippen LogP) is 2.99. The zero-order valence-electron chi connectivity index (χ0n) is 12.6. The van der Waals surface area contributed by atoms with Gasteiger partial charge in [0.05, 0.1) is 18.1 Å². The molecule has 1 unspecified atom stereocenters. The number of ether oxygens (including phenoxy) is 2. The largest absolute Gasteiger partial charge is 0.493 e. The van der Waals surface area contributed by atoms with Gasteiger partial charge in [0.1, 0.15) is 5.76 Å². The highest BCUT2D eigenvalue weighted by Gasteiger charge is 2.47. The molecule has 0 bridgehead atoms. The molecule has 1 aromatic rings. The number of morpholine rings is 1. The number of hydrogen-bond acceptors (Lipinski definition) is 4. The van der Waals surface area contributed by atoms with Crippen LogP contribution in [-0.4, -0.2) is 36.6 Å². The Morgan fingerprint density at radius 1 is 1.57 bits per heavy atom. The Bertz CT molecular complexity index is 564. The number of amides is 1. The first-order chi connectivity index (χ1) is 10.1. The topological polar surface area (TPSA) is 38.8 Å². The van der Waals surface area contributed by atoms with Gasteiger partial charge in [-0.25, -0.2) is 0 Å². The molecule has 0 aromatic carbocycles. The van der Waals surface area contributed by atoms with Gasteiger partial charge in [-0.2, -0.15) is 0 Å². The van der Waals surface area contributed by atoms with Crippen molar-refractivity contribution in [2.75, 3.05) is 19.8 Å². The number of hydrogen-bond donors (Lipinski definition) is 0. The first-order valence-corrected chi connectivity index (χ1v) is 8.25. The molecule has 3 rings (SSSR count). The van der Waals surface area contributed by atoms with Crippen molar-refractivity contribution in [2.45, 2.75) is 38.3 Å². The third kappa shape index (κ3) is 2.60. The Morgan fingerprint density at radius 3 is 3.00 bits per heavy atom. The van der Waals surface area contributed by atoms with Crippen molar-refractivity contribution in [3.63, 3.8) is 0 Å². The monoisotopic (exact) mass is 307 g/mol. The van der Waals surface area contributed by atoms with Crippen LogP contribution in [0, 0.1) is 0 Å². The van der Waals surface area contributed by atoms with Crippen LogP contribution >= 0.6 is 11.3 Å². The summed E-state index contributed by atoms with van der Waals surface area (Å²) >= 11 is 1.53. The van der Waals surface area contributed by atoms with Crippen LogP contribution in [0.25, 0.3) is 5.76 Å². The molecule has 0 spiro atoms. The summed E-state index contributed by atoms with van der Waals surface area (Å²) in [6.07, 6.45) is 2.25. The second kappa shape index (κ2) is 5.46. The zero-order chi connectivity index (χ0) is 15.0. The summed E-state index contributed by atoms with van der Waals surface area (Å²) in [7, 11) is 0. The molecule has 1 atom stereocenters. The summed E-state index contributed by atoms with van der Waals surface area (Å²) < 4.78 is 11.3. The van der Waals surface area contributed by atoms with E-state index in [2.05, 4.69) is 6.58 Å². The number of carbonyl (C=O) groups is 1. The molecule has 4 nitrogen and oxygen atoms in total. The number of rotatable bonds is 5. The van der Waals surface area contributed by atoms with Gasteiger partial charge >= 0.3 is 0 Å². The van der Waals surface area contributed by atoms with E-state index in [1.807, 2.05) is 30.9 Å². The van der Waals surface area contributed by atoms with Gasteiger partial charge in [0.15, 0.2) is 5.60 Å². The maximum atomic E-state index is 12.8. The molecule has 0 N–H and O–H groups in total. The highest BCUT2D eigenvalue weighted by atomic mass is 32.1. The second-order valence-electron chi connectivity index (χ2n) is 5.63. The first kappa shape index (κ1) is 14.6. The van der Waals surface area contributed by atoms with Crippen molar-refractivity contribution < 1.29 is 14.3 Å². The molecule has 2 fully saturated rings. The van der Waals surface area contributed by atoms with E-state index in [0.29, 0.717) is 31.6 Å². The van der Waals surface area contributed by atoms with Crippen molar-refractivity contribution in [2.24, 2.45) is 0 Å². The number of thiophene rings is 1. The van der Waals surface area contributed by atoms with Crippen LogP contribution in [0.3, 0.4) is 0 Å². The Kier molecular flexibility index (Phi) is 3.80. The van der Waals surface area contributed by atoms with Gasteiger partial charge < -0.3 is 14.4 Å². The zero-order valence-corrected chi connectivity index (χ0v) is 13.4. The second-order valence-corrected chi connectivity index (χ2v) is 6.72. The SMILES string of the molecule is C=C(OCC)c1ccc(C2(C)OCCN(C3CC3)C2=O)s1. The average Bonchev–Trinajstić information content (AvgIpc) is 3.17. The minimum atomic E-state index is -0.865. The third-order valence-electron chi connectivity index (χ3n) is 4.05. The minimum absolute atomic E-state index is 0.0895. The van der Waals surface area contributed by atoms with Gasteiger partial charge in [-0.3, -0.25) is 4.79 Å². The molecule has 0 radical (unpaired) electrons. The van der Waals surface area contributed by atoms with Crippen molar-refractivity contribution >= 4 is 23.0 Å². The summed E-state index contributed by atoms with van der Waals surface area (Å²) in [6, 6.07) is 4.34. The Hall–Kier alpha value is -1.33. The lowest BCUT2D eigenvalue weighted by atomic mass is 10.0. The van der Waals surface area contributed by atoms with Crippen LogP contribution in [0.5, 0.6) is 0 Å². The van der Waals surface area contributed by atoms with Crippen molar-refractivity contribution in [1.29, 1.82) is 0 Å². The average molecular weight is 307 g/mol. The van der Waals surface area contributed by atoms with Crippen molar-refractivity contribution in [3.05, 3.63) is 28.5 Å². The third-order valence-corrected chi connectivity index (χ3v) is 5.38. The number of carbonyl (C=O) groups excluding carboxylic acids is 1. The summed E-state index contributed by atoms with van der Waals surface area (Å²) in [5.41, 5.74) is -0.865. The molecule has 1 amide bonds. The van der Waals surface area contributed by atoms with Gasteiger partial charge in [0.25, 0.3) is 5.91 Å². The van der Waals surface area contributed by atoms with Gasteiger partial charge in [-0.05, 0) is 38.8 Å². The molecule has 1 saturated heterocycles. The van der Waals surface area contributed by atoms with Gasteiger partial charge in [-0.1, -0.05) is 6.58 Å². The molecule has 2 aliphatic rings. The van der Waals surface area contributed by atoms with Crippen LogP contribution in [0.1, 0.15) is 36.4 Å². The van der Waals surface area contributed by atoms with E-state index in [-0.39, 0.29) is 5.91 Å². The highest BCUT2D eigenvalue weighted by Crippen LogP contribution is 2.40. The minimum Gasteiger partial charge on any atom is -0.493 e. The lowest BCUT2D eigenvalue weighted by Crippen LogP contribution is -2.53. The Labute approximate surface area is 129 Å². The molecular weight excluding hydrogens is 286 g/mol. The maximum Gasteiger partial charge on any atom is 0.260 e. The quantitative estimate of drug-likeness (QED) is 0.785. The van der Waals surface area contributed by atoms with E-state index >= 15 is 0 Å². The highest BCUT2D eigenvalue weighted by molar-refractivity contribution is 7.13. The van der Waals surface area contributed by atoms with Crippen LogP contribution in [0.4, 0.5) is 0 Å². The summed E-state index contributed by atoms with van der Waals surface area (Å²) in [5, 5.41) is 0. The maximum absolute atomic E-state index is 12.8. The lowest BCUT2D eigenvalue weighted by Gasteiger charge is -2.39.